The third-order valence-corrected chi connectivity index (χ3v) is 2.84. The van der Waals surface area contributed by atoms with E-state index < -0.39 is 11.7 Å². The Kier molecular flexibility index (Phi) is 3.79. The highest BCUT2D eigenvalue weighted by Crippen LogP contribution is 2.25. The molecule has 2 aromatic rings. The fourth-order valence-electron chi connectivity index (χ4n) is 1.38. The first-order chi connectivity index (χ1) is 8.59. The van der Waals surface area contributed by atoms with E-state index >= 15 is 0 Å². The molecule has 1 N–H and O–H groups in total. The lowest BCUT2D eigenvalue weighted by Crippen LogP contribution is -2.14. The zero-order valence-electron chi connectivity index (χ0n) is 8.95. The minimum atomic E-state index is -0.631. The monoisotopic (exact) mass is 284 g/mol. The summed E-state index contributed by atoms with van der Waals surface area (Å²) >= 11 is 11.8. The van der Waals surface area contributed by atoms with Crippen LogP contribution in [0.3, 0.4) is 0 Å². The van der Waals surface area contributed by atoms with Crippen molar-refractivity contribution in [1.29, 1.82) is 0 Å². The maximum atomic E-state index is 13.3. The normalized spacial score (nSPS) is 10.2. The lowest BCUT2D eigenvalue weighted by Gasteiger charge is -2.08. The number of nitrogens with one attached hydrogen (secondary N) is 1. The molecule has 0 aliphatic rings. The summed E-state index contributed by atoms with van der Waals surface area (Å²) in [5.74, 6) is -1.20. The molecule has 6 heteroatoms. The van der Waals surface area contributed by atoms with Crippen LogP contribution in [0.4, 0.5) is 10.1 Å². The third kappa shape index (κ3) is 2.60. The highest BCUT2D eigenvalue weighted by Gasteiger charge is 2.15. The van der Waals surface area contributed by atoms with Gasteiger partial charge in [0.25, 0.3) is 5.91 Å². The van der Waals surface area contributed by atoms with Crippen molar-refractivity contribution >= 4 is 34.8 Å². The molecule has 18 heavy (non-hydrogen) atoms. The first kappa shape index (κ1) is 12.8. The molecule has 1 aromatic carbocycles. The van der Waals surface area contributed by atoms with Gasteiger partial charge in [-0.25, -0.2) is 4.39 Å². The number of nitrogens with zero attached hydrogens (tertiary/aromatic N) is 1. The number of hydrogen-bond donors (Lipinski definition) is 1. The van der Waals surface area contributed by atoms with Gasteiger partial charge in [0.2, 0.25) is 0 Å². The van der Waals surface area contributed by atoms with Crippen LogP contribution in [-0.2, 0) is 0 Å². The van der Waals surface area contributed by atoms with Crippen LogP contribution in [-0.4, -0.2) is 10.9 Å². The van der Waals surface area contributed by atoms with Gasteiger partial charge in [-0.3, -0.25) is 9.78 Å². The highest BCUT2D eigenvalue weighted by atomic mass is 35.5. The third-order valence-electron chi connectivity index (χ3n) is 2.21. The topological polar surface area (TPSA) is 42.0 Å². The summed E-state index contributed by atoms with van der Waals surface area (Å²) in [5.41, 5.74) is 0.128. The Balaban J connectivity index is 2.31. The number of benzene rings is 1. The molecular weight excluding hydrogens is 278 g/mol. The molecule has 0 saturated carbocycles. The number of pyridine rings is 1. The molecule has 2 rings (SSSR count). The quantitative estimate of drug-likeness (QED) is 0.912. The van der Waals surface area contributed by atoms with Gasteiger partial charge in [0, 0.05) is 6.20 Å². The van der Waals surface area contributed by atoms with Gasteiger partial charge in [0.05, 0.1) is 27.5 Å². The summed E-state index contributed by atoms with van der Waals surface area (Å²) in [7, 11) is 0. The molecule has 0 aliphatic heterocycles. The first-order valence-electron chi connectivity index (χ1n) is 4.94. The molecular formula is C12H7Cl2FN2O. The lowest BCUT2D eigenvalue weighted by molar-refractivity contribution is 0.102. The van der Waals surface area contributed by atoms with Gasteiger partial charge < -0.3 is 5.32 Å². The Morgan fingerprint density at radius 3 is 2.50 bits per heavy atom. The molecule has 0 bridgehead atoms. The summed E-state index contributed by atoms with van der Waals surface area (Å²) in [6.45, 7) is 0. The molecule has 3 nitrogen and oxygen atoms in total. The van der Waals surface area contributed by atoms with Crippen molar-refractivity contribution in [2.45, 2.75) is 0 Å². The number of carbonyl (C=O) groups is 1. The Labute approximate surface area is 113 Å². The Morgan fingerprint density at radius 2 is 1.89 bits per heavy atom. The van der Waals surface area contributed by atoms with E-state index in [0.717, 1.165) is 6.20 Å². The molecule has 0 radical (unpaired) electrons. The van der Waals surface area contributed by atoms with E-state index in [1.54, 1.807) is 6.07 Å². The maximum Gasteiger partial charge on any atom is 0.258 e. The van der Waals surface area contributed by atoms with E-state index in [1.807, 2.05) is 0 Å². The maximum absolute atomic E-state index is 13.3. The smallest absolute Gasteiger partial charge is 0.258 e. The van der Waals surface area contributed by atoms with Gasteiger partial charge in [0.15, 0.2) is 5.82 Å². The molecule has 0 unspecified atom stereocenters. The Hall–Kier alpha value is -1.65. The number of rotatable bonds is 2. The molecule has 1 aromatic heterocycles. The van der Waals surface area contributed by atoms with E-state index in [9.17, 15) is 9.18 Å². The van der Waals surface area contributed by atoms with Gasteiger partial charge in [-0.05, 0) is 18.2 Å². The minimum Gasteiger partial charge on any atom is -0.319 e. The number of halogens is 3. The number of carbonyl (C=O) groups excluding carboxylic acids is 1. The first-order valence-corrected chi connectivity index (χ1v) is 5.70. The van der Waals surface area contributed by atoms with E-state index in [4.69, 9.17) is 23.2 Å². The largest absolute Gasteiger partial charge is 0.319 e. The van der Waals surface area contributed by atoms with Gasteiger partial charge in [-0.1, -0.05) is 29.3 Å². The van der Waals surface area contributed by atoms with E-state index in [0.29, 0.717) is 0 Å². The molecule has 1 heterocycles. The zero-order valence-corrected chi connectivity index (χ0v) is 10.5. The number of hydrogen-bond acceptors (Lipinski definition) is 2. The fourth-order valence-corrected chi connectivity index (χ4v) is 1.95. The molecule has 0 fully saturated rings. The van der Waals surface area contributed by atoms with Crippen LogP contribution in [0.15, 0.2) is 36.7 Å². The van der Waals surface area contributed by atoms with Crippen LogP contribution in [0.25, 0.3) is 0 Å². The second-order valence-corrected chi connectivity index (χ2v) is 4.22. The second kappa shape index (κ2) is 5.33. The standard InChI is InChI=1S/C12H7Cl2FN2O/c13-7-2-1-3-8(14)11(7)12(18)17-10-4-5-16-6-9(10)15/h1-6H,(H,16,17,18). The molecule has 0 aliphatic carbocycles. The van der Waals surface area contributed by atoms with Crippen LogP contribution in [0.2, 0.25) is 10.0 Å². The van der Waals surface area contributed by atoms with Crippen molar-refractivity contribution in [3.63, 3.8) is 0 Å². The minimum absolute atomic E-state index is 0.0194. The van der Waals surface area contributed by atoms with Crippen LogP contribution in [0, 0.1) is 5.82 Å². The van der Waals surface area contributed by atoms with E-state index in [2.05, 4.69) is 10.3 Å². The van der Waals surface area contributed by atoms with Gasteiger partial charge >= 0.3 is 0 Å². The molecule has 0 saturated heterocycles. The van der Waals surface area contributed by atoms with Crippen molar-refractivity contribution in [3.05, 3.63) is 58.1 Å². The Bertz CT molecular complexity index is 584. The van der Waals surface area contributed by atoms with E-state index in [-0.39, 0.29) is 21.3 Å². The van der Waals surface area contributed by atoms with Crippen LogP contribution in [0.5, 0.6) is 0 Å². The predicted molar refractivity (Wildman–Crippen MR) is 68.6 cm³/mol. The van der Waals surface area contributed by atoms with Crippen molar-refractivity contribution in [2.75, 3.05) is 5.32 Å². The molecule has 1 amide bonds. The molecule has 0 atom stereocenters. The second-order valence-electron chi connectivity index (χ2n) is 3.41. The van der Waals surface area contributed by atoms with Crippen molar-refractivity contribution < 1.29 is 9.18 Å². The van der Waals surface area contributed by atoms with E-state index in [1.165, 1.54) is 24.4 Å². The Morgan fingerprint density at radius 1 is 1.22 bits per heavy atom. The predicted octanol–water partition coefficient (Wildman–Crippen LogP) is 3.78. The lowest BCUT2D eigenvalue weighted by atomic mass is 10.2. The summed E-state index contributed by atoms with van der Waals surface area (Å²) in [6, 6.07) is 6.03. The van der Waals surface area contributed by atoms with Crippen LogP contribution < -0.4 is 5.32 Å². The SMILES string of the molecule is O=C(Nc1ccncc1F)c1c(Cl)cccc1Cl. The number of aromatic nitrogens is 1. The molecule has 92 valence electrons. The van der Waals surface area contributed by atoms with Gasteiger partial charge in [-0.15, -0.1) is 0 Å². The number of amides is 1. The van der Waals surface area contributed by atoms with Crippen LogP contribution in [0.1, 0.15) is 10.4 Å². The molecule has 0 spiro atoms. The zero-order chi connectivity index (χ0) is 13.1. The van der Waals surface area contributed by atoms with Crippen LogP contribution >= 0.6 is 23.2 Å². The average molecular weight is 285 g/mol. The van der Waals surface area contributed by atoms with Gasteiger partial charge in [-0.2, -0.15) is 0 Å². The summed E-state index contributed by atoms with van der Waals surface area (Å²) < 4.78 is 13.3. The summed E-state index contributed by atoms with van der Waals surface area (Å²) in [5, 5.41) is 2.79. The van der Waals surface area contributed by atoms with Gasteiger partial charge in [0.1, 0.15) is 0 Å². The summed E-state index contributed by atoms with van der Waals surface area (Å²) in [4.78, 5) is 15.5. The average Bonchev–Trinajstić information content (AvgIpc) is 2.32. The number of anilines is 1. The fraction of sp³-hybridized carbons (Fsp3) is 0. The van der Waals surface area contributed by atoms with Crippen molar-refractivity contribution in [1.82, 2.24) is 4.98 Å². The van der Waals surface area contributed by atoms with Crippen molar-refractivity contribution in [2.24, 2.45) is 0 Å². The van der Waals surface area contributed by atoms with Crippen molar-refractivity contribution in [3.8, 4) is 0 Å². The summed E-state index contributed by atoms with van der Waals surface area (Å²) in [6.07, 6.45) is 2.37. The highest BCUT2D eigenvalue weighted by molar-refractivity contribution is 6.40.